The van der Waals surface area contributed by atoms with Crippen molar-refractivity contribution in [3.05, 3.63) is 38.7 Å². The molecule has 1 atom stereocenters. The number of rotatable bonds is 7. The van der Waals surface area contributed by atoms with Crippen molar-refractivity contribution in [3.63, 3.8) is 0 Å². The van der Waals surface area contributed by atoms with Gasteiger partial charge in [0.15, 0.2) is 15.0 Å². The van der Waals surface area contributed by atoms with E-state index in [4.69, 9.17) is 16.3 Å². The van der Waals surface area contributed by atoms with E-state index in [-0.39, 0.29) is 10.8 Å². The summed E-state index contributed by atoms with van der Waals surface area (Å²) in [5.74, 6) is -0.0178. The number of thiazole rings is 1. The lowest BCUT2D eigenvalue weighted by molar-refractivity contribution is -0.119. The van der Waals surface area contributed by atoms with Crippen molar-refractivity contribution in [1.29, 1.82) is 0 Å². The van der Waals surface area contributed by atoms with Crippen molar-refractivity contribution in [3.8, 4) is 0 Å². The fraction of sp³-hybridized carbons (Fsp3) is 0.591. The predicted molar refractivity (Wildman–Crippen MR) is 128 cm³/mol. The molecule has 1 N–H and O–H groups in total. The third-order valence-corrected chi connectivity index (χ3v) is 9.80. The van der Waals surface area contributed by atoms with E-state index < -0.39 is 26.7 Å². The highest BCUT2D eigenvalue weighted by Gasteiger charge is 2.33. The summed E-state index contributed by atoms with van der Waals surface area (Å²) >= 11 is 7.08. The van der Waals surface area contributed by atoms with Gasteiger partial charge in [0.1, 0.15) is 10.4 Å². The molecule has 0 unspecified atom stereocenters. The van der Waals surface area contributed by atoms with E-state index in [2.05, 4.69) is 10.3 Å². The lowest BCUT2D eigenvalue weighted by Gasteiger charge is -2.25. The maximum Gasteiger partial charge on any atom is 0.252 e. The fourth-order valence-electron chi connectivity index (χ4n) is 4.82. The molecule has 180 valence electrons. The Balaban J connectivity index is 1.67. The Bertz CT molecular complexity index is 1160. The number of ether oxygens (including phenoxy) is 1. The second-order valence-electron chi connectivity index (χ2n) is 8.76. The molecule has 1 saturated heterocycles. The first-order valence-corrected chi connectivity index (χ1v) is 14.0. The van der Waals surface area contributed by atoms with Crippen LogP contribution in [0, 0.1) is 12.8 Å². The van der Waals surface area contributed by atoms with Gasteiger partial charge in [-0.2, -0.15) is 0 Å². The van der Waals surface area contributed by atoms with Crippen LogP contribution in [-0.2, 0) is 19.4 Å². The van der Waals surface area contributed by atoms with Gasteiger partial charge >= 0.3 is 0 Å². The minimum atomic E-state index is -3.65. The van der Waals surface area contributed by atoms with Crippen LogP contribution < -0.4 is 10.9 Å². The maximum absolute atomic E-state index is 13.3. The van der Waals surface area contributed by atoms with E-state index in [0.29, 0.717) is 53.6 Å². The second kappa shape index (κ2) is 10.2. The molecule has 2 aromatic heterocycles. The first kappa shape index (κ1) is 24.4. The molecule has 1 aliphatic heterocycles. The van der Waals surface area contributed by atoms with Crippen LogP contribution in [0.25, 0.3) is 0 Å². The van der Waals surface area contributed by atoms with Crippen molar-refractivity contribution in [1.82, 2.24) is 9.55 Å². The Labute approximate surface area is 202 Å². The van der Waals surface area contributed by atoms with Crippen LogP contribution >= 0.6 is 22.9 Å². The topological polar surface area (TPSA) is 107 Å². The van der Waals surface area contributed by atoms with Crippen LogP contribution in [0.4, 0.5) is 5.13 Å². The van der Waals surface area contributed by atoms with Gasteiger partial charge in [-0.15, -0.1) is 0 Å². The molecule has 0 spiro atoms. The molecule has 1 aliphatic carbocycles. The first-order chi connectivity index (χ1) is 15.8. The SMILES string of the molecule is Cc1cc(S(=O)(=O)C2CCOCC2)cc(=O)n1[C@H](CC1CCCC1)C(=O)Nc1ncc(Cl)s1. The van der Waals surface area contributed by atoms with Crippen molar-refractivity contribution in [2.24, 2.45) is 5.92 Å². The van der Waals surface area contributed by atoms with Crippen LogP contribution in [0.15, 0.2) is 28.0 Å². The number of amides is 1. The average Bonchev–Trinajstić information content (AvgIpc) is 3.44. The number of carbonyl (C=O) groups excluding carboxylic acids is 1. The van der Waals surface area contributed by atoms with E-state index in [1.807, 2.05) is 0 Å². The zero-order valence-corrected chi connectivity index (χ0v) is 20.8. The highest BCUT2D eigenvalue weighted by molar-refractivity contribution is 7.92. The number of sulfone groups is 1. The van der Waals surface area contributed by atoms with E-state index in [0.717, 1.165) is 43.1 Å². The smallest absolute Gasteiger partial charge is 0.252 e. The van der Waals surface area contributed by atoms with Gasteiger partial charge in [0.2, 0.25) is 5.91 Å². The zero-order chi connectivity index (χ0) is 23.6. The number of anilines is 1. The van der Waals surface area contributed by atoms with Crippen molar-refractivity contribution in [2.45, 2.75) is 68.1 Å². The molecule has 33 heavy (non-hydrogen) atoms. The Kier molecular flexibility index (Phi) is 7.57. The van der Waals surface area contributed by atoms with Crippen LogP contribution in [0.1, 0.15) is 56.7 Å². The number of pyridine rings is 1. The van der Waals surface area contributed by atoms with E-state index >= 15 is 0 Å². The third kappa shape index (κ3) is 5.50. The summed E-state index contributed by atoms with van der Waals surface area (Å²) in [4.78, 5) is 30.6. The molecule has 1 amide bonds. The molecule has 0 aromatic carbocycles. The standard InChI is InChI=1S/C22H28ClN3O5S2/c1-14-10-17(33(29,30)16-6-8-31-9-7-16)12-20(27)26(14)18(11-15-4-2-3-5-15)21(28)25-22-24-13-19(23)32-22/h10,12-13,15-16,18H,2-9,11H2,1H3,(H,24,25,28)/t18-/m1/s1. The Morgan fingerprint density at radius 2 is 1.97 bits per heavy atom. The minimum Gasteiger partial charge on any atom is -0.381 e. The number of hydrogen-bond donors (Lipinski definition) is 1. The average molecular weight is 514 g/mol. The van der Waals surface area contributed by atoms with Crippen molar-refractivity contribution >= 4 is 43.8 Å². The van der Waals surface area contributed by atoms with Crippen LogP contribution in [0.2, 0.25) is 4.34 Å². The predicted octanol–water partition coefficient (Wildman–Crippen LogP) is 3.98. The van der Waals surface area contributed by atoms with Gasteiger partial charge in [-0.05, 0) is 38.2 Å². The highest BCUT2D eigenvalue weighted by Crippen LogP contribution is 2.33. The number of aryl methyl sites for hydroxylation is 1. The zero-order valence-electron chi connectivity index (χ0n) is 18.5. The second-order valence-corrected chi connectivity index (χ2v) is 12.6. The quantitative estimate of drug-likeness (QED) is 0.600. The number of nitrogens with zero attached hydrogens (tertiary/aromatic N) is 2. The highest BCUT2D eigenvalue weighted by atomic mass is 35.5. The summed E-state index contributed by atoms with van der Waals surface area (Å²) in [5, 5.41) is 2.58. The molecule has 11 heteroatoms. The molecule has 1 saturated carbocycles. The van der Waals surface area contributed by atoms with E-state index in [1.54, 1.807) is 6.92 Å². The number of carbonyl (C=O) groups is 1. The van der Waals surface area contributed by atoms with Crippen molar-refractivity contribution < 1.29 is 17.9 Å². The molecule has 2 aromatic rings. The summed E-state index contributed by atoms with van der Waals surface area (Å²) < 4.78 is 33.4. The Morgan fingerprint density at radius 1 is 1.27 bits per heavy atom. The normalized spacial score (nSPS) is 19.0. The third-order valence-electron chi connectivity index (χ3n) is 6.52. The summed E-state index contributed by atoms with van der Waals surface area (Å²) in [5.41, 5.74) is -0.0422. The molecular weight excluding hydrogens is 486 g/mol. The van der Waals surface area contributed by atoms with Gasteiger partial charge in [-0.1, -0.05) is 48.6 Å². The lowest BCUT2D eigenvalue weighted by Crippen LogP contribution is -2.36. The summed E-state index contributed by atoms with van der Waals surface area (Å²) in [6, 6.07) is 1.91. The van der Waals surface area contributed by atoms with E-state index in [1.165, 1.54) is 16.8 Å². The molecule has 2 aliphatic rings. The molecule has 8 nitrogen and oxygen atoms in total. The summed E-state index contributed by atoms with van der Waals surface area (Å²) in [6.45, 7) is 2.47. The van der Waals surface area contributed by atoms with E-state index in [9.17, 15) is 18.0 Å². The summed E-state index contributed by atoms with van der Waals surface area (Å²) in [7, 11) is -3.65. The van der Waals surface area contributed by atoms with Crippen LogP contribution in [0.5, 0.6) is 0 Å². The minimum absolute atomic E-state index is 0.0138. The number of nitrogens with one attached hydrogen (secondary N) is 1. The fourth-order valence-corrected chi connectivity index (χ4v) is 7.43. The molecule has 2 fully saturated rings. The van der Waals surface area contributed by atoms with Gasteiger partial charge < -0.3 is 14.6 Å². The molecule has 3 heterocycles. The largest absolute Gasteiger partial charge is 0.381 e. The molecule has 0 bridgehead atoms. The van der Waals surface area contributed by atoms with Gasteiger partial charge in [-0.25, -0.2) is 13.4 Å². The maximum atomic E-state index is 13.3. The van der Waals surface area contributed by atoms with Gasteiger partial charge in [0.05, 0.1) is 16.3 Å². The van der Waals surface area contributed by atoms with Gasteiger partial charge in [-0.3, -0.25) is 9.59 Å². The Hall–Kier alpha value is -1.75. The first-order valence-electron chi connectivity index (χ1n) is 11.2. The number of aromatic nitrogens is 2. The molecule has 4 rings (SSSR count). The van der Waals surface area contributed by atoms with Gasteiger partial charge in [0.25, 0.3) is 5.56 Å². The Morgan fingerprint density at radius 3 is 2.58 bits per heavy atom. The summed E-state index contributed by atoms with van der Waals surface area (Å²) in [6.07, 6.45) is 7.03. The number of hydrogen-bond acceptors (Lipinski definition) is 7. The van der Waals surface area contributed by atoms with Crippen LogP contribution in [-0.4, -0.2) is 42.3 Å². The van der Waals surface area contributed by atoms with Crippen LogP contribution in [0.3, 0.4) is 0 Å². The van der Waals surface area contributed by atoms with Gasteiger partial charge in [0, 0.05) is 25.0 Å². The molecule has 0 radical (unpaired) electrons. The lowest BCUT2D eigenvalue weighted by atomic mass is 9.97. The monoisotopic (exact) mass is 513 g/mol. The molecular formula is C22H28ClN3O5S2. The van der Waals surface area contributed by atoms with Crippen molar-refractivity contribution in [2.75, 3.05) is 18.5 Å². The number of halogens is 1.